The Morgan fingerprint density at radius 1 is 0.676 bits per heavy atom. The Hall–Kier alpha value is 0.0478. The first kappa shape index (κ1) is 41.2. The standard InChI is InChI=1S/2C12H21N3O.2Y/c2*1-7-10(14(5)8-2)11(16)15(6)12(3,4)9-13;;/h2*7-8,10H,1-6H3;;/q2*-2;;. The summed E-state index contributed by atoms with van der Waals surface area (Å²) < 4.78 is 0. The Balaban J connectivity index is -0.000000250. The van der Waals surface area contributed by atoms with E-state index in [1.165, 1.54) is 9.80 Å². The van der Waals surface area contributed by atoms with Crippen LogP contribution in [0.4, 0.5) is 0 Å². The Morgan fingerprint density at radius 3 is 1.06 bits per heavy atom. The zero-order valence-electron chi connectivity index (χ0n) is 23.1. The van der Waals surface area contributed by atoms with Crippen LogP contribution in [-0.2, 0) is 75.0 Å². The number of hydrogen-bond donors (Lipinski definition) is 0. The molecular formula is C24H42N6O2Y2-4. The number of carbonyl (C=O) groups is 2. The molecule has 0 rings (SSSR count). The smallest absolute Gasteiger partial charge is 0.207 e. The van der Waals surface area contributed by atoms with E-state index in [0.29, 0.717) is 0 Å². The Bertz CT molecular complexity index is 630. The molecule has 0 heterocycles. The van der Waals surface area contributed by atoms with Crippen LogP contribution in [0.1, 0.15) is 55.4 Å². The van der Waals surface area contributed by atoms with Gasteiger partial charge < -0.3 is 32.4 Å². The van der Waals surface area contributed by atoms with Gasteiger partial charge in [0.15, 0.2) is 0 Å². The third-order valence-corrected chi connectivity index (χ3v) is 5.72. The minimum Gasteiger partial charge on any atom is -0.474 e. The van der Waals surface area contributed by atoms with Crippen molar-refractivity contribution < 1.29 is 75.0 Å². The van der Waals surface area contributed by atoms with E-state index in [-0.39, 0.29) is 89.3 Å². The van der Waals surface area contributed by atoms with E-state index < -0.39 is 11.1 Å². The fraction of sp³-hybridized carbons (Fsp3) is 0.667. The van der Waals surface area contributed by atoms with Crippen LogP contribution in [0.25, 0.3) is 0 Å². The summed E-state index contributed by atoms with van der Waals surface area (Å²) in [6.45, 7) is 18.0. The van der Waals surface area contributed by atoms with Crippen molar-refractivity contribution in [2.24, 2.45) is 0 Å². The fourth-order valence-electron chi connectivity index (χ4n) is 2.52. The second kappa shape index (κ2) is 19.2. The van der Waals surface area contributed by atoms with Crippen molar-refractivity contribution in [2.45, 2.75) is 78.6 Å². The van der Waals surface area contributed by atoms with Crippen LogP contribution in [0.15, 0.2) is 0 Å². The normalized spacial score (nSPS) is 12.6. The van der Waals surface area contributed by atoms with Crippen LogP contribution in [0.5, 0.6) is 0 Å². The van der Waals surface area contributed by atoms with Crippen LogP contribution in [0.3, 0.4) is 0 Å². The molecule has 190 valence electrons. The molecule has 2 amide bonds. The molecule has 0 saturated heterocycles. The van der Waals surface area contributed by atoms with Crippen molar-refractivity contribution in [3.63, 3.8) is 0 Å². The Kier molecular flexibility index (Phi) is 23.3. The van der Waals surface area contributed by atoms with E-state index in [0.717, 1.165) is 0 Å². The monoisotopic (exact) mass is 624 g/mol. The van der Waals surface area contributed by atoms with Crippen molar-refractivity contribution in [1.82, 2.24) is 19.6 Å². The van der Waals surface area contributed by atoms with Gasteiger partial charge in [0.1, 0.15) is 11.1 Å². The summed E-state index contributed by atoms with van der Waals surface area (Å²) in [5, 5.41) is 18.0. The van der Waals surface area contributed by atoms with Crippen LogP contribution in [0, 0.1) is 48.6 Å². The average molecular weight is 624 g/mol. The van der Waals surface area contributed by atoms with E-state index in [9.17, 15) is 9.59 Å². The van der Waals surface area contributed by atoms with Gasteiger partial charge in [-0.1, -0.05) is 12.1 Å². The summed E-state index contributed by atoms with van der Waals surface area (Å²) in [6.07, 6.45) is 3.65. The predicted molar refractivity (Wildman–Crippen MR) is 128 cm³/mol. The van der Waals surface area contributed by atoms with Crippen molar-refractivity contribution >= 4 is 11.8 Å². The molecule has 2 unspecified atom stereocenters. The van der Waals surface area contributed by atoms with Crippen molar-refractivity contribution in [1.29, 1.82) is 10.5 Å². The molecule has 0 N–H and O–H groups in total. The van der Waals surface area contributed by atoms with Crippen molar-refractivity contribution in [3.8, 4) is 12.1 Å². The molecule has 0 aromatic rings. The van der Waals surface area contributed by atoms with Gasteiger partial charge in [0.2, 0.25) is 11.8 Å². The molecule has 10 heteroatoms. The minimum atomic E-state index is -0.785. The maximum atomic E-state index is 12.2. The molecule has 0 aliphatic rings. The fourth-order valence-corrected chi connectivity index (χ4v) is 2.52. The molecule has 0 aliphatic heterocycles. The number of rotatable bonds is 10. The average Bonchev–Trinajstić information content (AvgIpc) is 2.78. The van der Waals surface area contributed by atoms with Gasteiger partial charge in [0.25, 0.3) is 0 Å². The summed E-state index contributed by atoms with van der Waals surface area (Å²) in [5.41, 5.74) is -1.57. The van der Waals surface area contributed by atoms with Crippen LogP contribution in [-0.4, -0.2) is 82.8 Å². The van der Waals surface area contributed by atoms with Gasteiger partial charge in [-0.2, -0.15) is 38.2 Å². The van der Waals surface area contributed by atoms with Crippen molar-refractivity contribution in [3.05, 3.63) is 25.9 Å². The summed E-state index contributed by atoms with van der Waals surface area (Å²) >= 11 is 0. The zero-order valence-corrected chi connectivity index (χ0v) is 28.8. The van der Waals surface area contributed by atoms with Crippen LogP contribution in [0.2, 0.25) is 0 Å². The van der Waals surface area contributed by atoms with Crippen molar-refractivity contribution in [2.75, 3.05) is 28.2 Å². The first-order valence-electron chi connectivity index (χ1n) is 10.6. The second-order valence-electron chi connectivity index (χ2n) is 8.54. The maximum Gasteiger partial charge on any atom is 0.207 e. The van der Waals surface area contributed by atoms with E-state index in [1.54, 1.807) is 41.8 Å². The zero-order chi connectivity index (χ0) is 25.9. The second-order valence-corrected chi connectivity index (χ2v) is 8.54. The number of nitrogens with zero attached hydrogens (tertiary/aromatic N) is 6. The quantitative estimate of drug-likeness (QED) is 0.347. The van der Waals surface area contributed by atoms with E-state index in [1.807, 2.05) is 77.5 Å². The van der Waals surface area contributed by atoms with Gasteiger partial charge in [-0.25, -0.2) is 0 Å². The number of nitriles is 2. The van der Waals surface area contributed by atoms with Gasteiger partial charge in [-0.3, -0.25) is 22.7 Å². The van der Waals surface area contributed by atoms with E-state index in [4.69, 9.17) is 10.5 Å². The van der Waals surface area contributed by atoms with Crippen LogP contribution < -0.4 is 0 Å². The van der Waals surface area contributed by atoms with E-state index in [2.05, 4.69) is 12.1 Å². The Morgan fingerprint density at radius 2 is 0.912 bits per heavy atom. The first-order chi connectivity index (χ1) is 14.6. The minimum absolute atomic E-state index is 0. The summed E-state index contributed by atoms with van der Waals surface area (Å²) in [5.74, 6) is -0.149. The van der Waals surface area contributed by atoms with Gasteiger partial charge >= 0.3 is 0 Å². The molecule has 2 atom stereocenters. The summed E-state index contributed by atoms with van der Waals surface area (Å²) in [6, 6.07) is 3.61. The van der Waals surface area contributed by atoms with E-state index >= 15 is 0 Å². The summed E-state index contributed by atoms with van der Waals surface area (Å²) in [4.78, 5) is 30.9. The summed E-state index contributed by atoms with van der Waals surface area (Å²) in [7, 11) is 7.00. The molecule has 0 saturated carbocycles. The van der Waals surface area contributed by atoms with Gasteiger partial charge in [0, 0.05) is 79.5 Å². The first-order valence-corrected chi connectivity index (χ1v) is 10.6. The molecule has 34 heavy (non-hydrogen) atoms. The molecule has 0 bridgehead atoms. The molecule has 0 fully saturated rings. The predicted octanol–water partition coefficient (Wildman–Crippen LogP) is 2.90. The number of amides is 2. The third-order valence-electron chi connectivity index (χ3n) is 5.72. The topological polar surface area (TPSA) is 94.7 Å². The number of carbonyl (C=O) groups excluding carboxylic acids is 2. The van der Waals surface area contributed by atoms with Crippen LogP contribution >= 0.6 is 0 Å². The maximum absolute atomic E-state index is 12.2. The number of hydrogen-bond acceptors (Lipinski definition) is 6. The molecule has 2 radical (unpaired) electrons. The molecule has 0 aromatic heterocycles. The SMILES string of the molecule is C[CH-]C(C(=O)N(C)C(C)(C)C#N)N(C)[CH-]C.C[CH-]C(C(=O)N(C)C(C)(C)C#N)N(C)[CH-]C.[Y].[Y]. The molecule has 0 aromatic carbocycles. The Labute approximate surface area is 259 Å². The molecule has 0 aliphatic carbocycles. The third kappa shape index (κ3) is 12.3. The number of likely N-dealkylation sites (N-methyl/N-ethyl adjacent to an activating group) is 4. The van der Waals surface area contributed by atoms with Gasteiger partial charge in [0.05, 0.1) is 12.1 Å². The molecular weight excluding hydrogens is 582 g/mol. The molecule has 8 nitrogen and oxygen atoms in total. The molecule has 0 spiro atoms. The van der Waals surface area contributed by atoms with Gasteiger partial charge in [-0.05, 0) is 41.8 Å². The van der Waals surface area contributed by atoms with Gasteiger partial charge in [-0.15, -0.1) is 0 Å². The largest absolute Gasteiger partial charge is 0.474 e.